The average Bonchev–Trinajstić information content (AvgIpc) is 3.56. The van der Waals surface area contributed by atoms with E-state index in [0.717, 1.165) is 18.4 Å². The van der Waals surface area contributed by atoms with E-state index in [1.807, 2.05) is 71.1 Å². The van der Waals surface area contributed by atoms with Gasteiger partial charge in [-0.2, -0.15) is 0 Å². The molecule has 2 aliphatic rings. The molecule has 1 saturated heterocycles. The Morgan fingerprint density at radius 1 is 1.00 bits per heavy atom. The highest BCUT2D eigenvalue weighted by Gasteiger charge is 2.23. The minimum absolute atomic E-state index is 0.168. The summed E-state index contributed by atoms with van der Waals surface area (Å²) in [5.41, 5.74) is 6.08. The quantitative estimate of drug-likeness (QED) is 0.161. The fraction of sp³-hybridized carbons (Fsp3) is 0.514. The summed E-state index contributed by atoms with van der Waals surface area (Å²) in [6.07, 6.45) is 14.1. The fourth-order valence-electron chi connectivity index (χ4n) is 4.65. The van der Waals surface area contributed by atoms with Gasteiger partial charge in [0.05, 0.1) is 6.04 Å². The number of nitrogens with zero attached hydrogens (tertiary/aromatic N) is 1. The second kappa shape index (κ2) is 24.3. The van der Waals surface area contributed by atoms with E-state index in [-0.39, 0.29) is 24.5 Å². The number of urea groups is 1. The van der Waals surface area contributed by atoms with Gasteiger partial charge < -0.3 is 20.9 Å². The molecular weight excluding hydrogens is 568 g/mol. The number of hydrogen-bond donors (Lipinski definition) is 3. The maximum Gasteiger partial charge on any atom is 0.315 e. The van der Waals surface area contributed by atoms with Gasteiger partial charge in [-0.15, -0.1) is 0 Å². The summed E-state index contributed by atoms with van der Waals surface area (Å²) in [7, 11) is 1.57. The molecule has 0 saturated carbocycles. The van der Waals surface area contributed by atoms with Crippen molar-refractivity contribution in [3.63, 3.8) is 0 Å². The van der Waals surface area contributed by atoms with Crippen LogP contribution < -0.4 is 16.0 Å². The smallest absolute Gasteiger partial charge is 0.315 e. The zero-order valence-electron chi connectivity index (χ0n) is 29.1. The molecule has 1 fully saturated rings. The third-order valence-electron chi connectivity index (χ3n) is 7.54. The lowest BCUT2D eigenvalue weighted by Crippen LogP contribution is -2.39. The number of halogens is 1. The Kier molecular flexibility index (Phi) is 22.6. The van der Waals surface area contributed by atoms with Crippen LogP contribution in [0.2, 0.25) is 0 Å². The Bertz CT molecular complexity index is 1150. The van der Waals surface area contributed by atoms with Gasteiger partial charge in [-0.3, -0.25) is 4.79 Å². The highest BCUT2D eigenvalue weighted by atomic mass is 35.5. The van der Waals surface area contributed by atoms with Crippen molar-refractivity contribution in [2.75, 3.05) is 33.2 Å². The molecule has 3 amide bonds. The molecule has 1 heterocycles. The lowest BCUT2D eigenvalue weighted by atomic mass is 9.96. The van der Waals surface area contributed by atoms with E-state index in [0.29, 0.717) is 16.2 Å². The molecule has 3 N–H and O–H groups in total. The molecule has 3 rings (SSSR count). The Morgan fingerprint density at radius 3 is 2.14 bits per heavy atom. The lowest BCUT2D eigenvalue weighted by molar-refractivity contribution is -0.117. The first-order chi connectivity index (χ1) is 21.1. The highest BCUT2D eigenvalue weighted by molar-refractivity contribution is 6.32. The van der Waals surface area contributed by atoms with E-state index in [4.69, 9.17) is 11.6 Å². The van der Waals surface area contributed by atoms with Crippen molar-refractivity contribution < 1.29 is 9.59 Å². The fourth-order valence-corrected chi connectivity index (χ4v) is 4.95. The topological polar surface area (TPSA) is 73.5 Å². The lowest BCUT2D eigenvalue weighted by Gasteiger charge is -2.22. The summed E-state index contributed by atoms with van der Waals surface area (Å²) < 4.78 is 0. The first-order valence-electron chi connectivity index (χ1n) is 16.1. The van der Waals surface area contributed by atoms with Crippen molar-refractivity contribution in [2.24, 2.45) is 0 Å². The van der Waals surface area contributed by atoms with Crippen LogP contribution in [0, 0.1) is 0 Å². The number of carbonyl (C=O) groups is 2. The van der Waals surface area contributed by atoms with Crippen molar-refractivity contribution in [2.45, 2.75) is 94.0 Å². The van der Waals surface area contributed by atoms with Crippen LogP contribution >= 0.6 is 11.6 Å². The number of carbonyl (C=O) groups excluding carboxylic acids is 2. The normalized spacial score (nSPS) is 17.2. The maximum atomic E-state index is 12.8. The molecule has 1 aromatic carbocycles. The first kappa shape index (κ1) is 40.9. The molecule has 44 heavy (non-hydrogen) atoms. The monoisotopic (exact) mass is 626 g/mol. The number of aryl methyl sites for hydroxylation is 1. The van der Waals surface area contributed by atoms with E-state index in [2.05, 4.69) is 53.8 Å². The summed E-state index contributed by atoms with van der Waals surface area (Å²) in [6.45, 7) is 22.2. The van der Waals surface area contributed by atoms with Crippen LogP contribution in [0.5, 0.6) is 0 Å². The Balaban J connectivity index is 0.00000118. The van der Waals surface area contributed by atoms with Crippen LogP contribution in [-0.4, -0.2) is 50.1 Å². The molecule has 1 atom stereocenters. The van der Waals surface area contributed by atoms with Gasteiger partial charge in [-0.05, 0) is 115 Å². The Labute approximate surface area is 273 Å². The first-order valence-corrected chi connectivity index (χ1v) is 16.5. The van der Waals surface area contributed by atoms with Crippen LogP contribution in [0.3, 0.4) is 0 Å². The third kappa shape index (κ3) is 15.1. The average molecular weight is 627 g/mol. The molecule has 1 aliphatic carbocycles. The van der Waals surface area contributed by atoms with Crippen molar-refractivity contribution in [1.82, 2.24) is 20.9 Å². The standard InChI is InChI=1S/C25H32ClN3O2.C6H13N.C4H8.C2H6/c1-6-9-20(22(26)14-17(3)24(30)27-5)15-28-25(31)29-23-18(4)16(2)12-13-19-10-7-8-11-21(19)23;1-2-7-5-3-4-6-7;1-3-4-2;1-2/h6-11,14,23H,12-13,15H2,1-5H3,(H,27,30)(H2,28,29,31);2-6H2,1H3;3-4H,1-2H3;1-2H3/b9-6-,17-14+,22-20-;;4-3-;. The van der Waals surface area contributed by atoms with Crippen molar-refractivity contribution in [3.05, 3.63) is 93.1 Å². The van der Waals surface area contributed by atoms with Crippen molar-refractivity contribution in [3.8, 4) is 0 Å². The van der Waals surface area contributed by atoms with E-state index in [9.17, 15) is 9.59 Å². The summed E-state index contributed by atoms with van der Waals surface area (Å²) in [5.74, 6) is -0.201. The van der Waals surface area contributed by atoms with Gasteiger partial charge in [-0.25, -0.2) is 4.79 Å². The summed E-state index contributed by atoms with van der Waals surface area (Å²) in [4.78, 5) is 27.0. The molecule has 0 spiro atoms. The number of allylic oxidation sites excluding steroid dienone is 6. The Hall–Kier alpha value is -3.09. The molecule has 7 heteroatoms. The third-order valence-corrected chi connectivity index (χ3v) is 7.89. The van der Waals surface area contributed by atoms with E-state index >= 15 is 0 Å². The number of rotatable bonds is 7. The molecule has 1 aromatic rings. The molecule has 1 aliphatic heterocycles. The van der Waals surface area contributed by atoms with Crippen LogP contribution in [0.4, 0.5) is 4.79 Å². The highest BCUT2D eigenvalue weighted by Crippen LogP contribution is 2.32. The van der Waals surface area contributed by atoms with E-state index in [1.165, 1.54) is 49.2 Å². The molecule has 0 bridgehead atoms. The van der Waals surface area contributed by atoms with Crippen LogP contribution in [0.15, 0.2) is 82.0 Å². The van der Waals surface area contributed by atoms with E-state index in [1.54, 1.807) is 20.0 Å². The van der Waals surface area contributed by atoms with Gasteiger partial charge >= 0.3 is 6.03 Å². The number of likely N-dealkylation sites (tertiary alicyclic amines) is 1. The van der Waals surface area contributed by atoms with Crippen LogP contribution in [-0.2, 0) is 11.2 Å². The van der Waals surface area contributed by atoms with Crippen LogP contribution in [0.1, 0.15) is 98.7 Å². The van der Waals surface area contributed by atoms with Gasteiger partial charge in [0.15, 0.2) is 0 Å². The van der Waals surface area contributed by atoms with E-state index < -0.39 is 0 Å². The summed E-state index contributed by atoms with van der Waals surface area (Å²) in [5, 5.41) is 9.00. The zero-order chi connectivity index (χ0) is 33.5. The van der Waals surface area contributed by atoms with Crippen LogP contribution in [0.25, 0.3) is 0 Å². The molecular formula is C37H59ClN4O2. The molecule has 0 aromatic heterocycles. The predicted octanol–water partition coefficient (Wildman–Crippen LogP) is 8.78. The summed E-state index contributed by atoms with van der Waals surface area (Å²) >= 11 is 6.42. The summed E-state index contributed by atoms with van der Waals surface area (Å²) in [6, 6.07) is 7.81. The number of hydrogen-bond acceptors (Lipinski definition) is 3. The van der Waals surface area contributed by atoms with Gasteiger partial charge in [-0.1, -0.05) is 86.5 Å². The molecule has 1 unspecified atom stereocenters. The van der Waals surface area contributed by atoms with Gasteiger partial charge in [0.25, 0.3) is 0 Å². The van der Waals surface area contributed by atoms with Gasteiger partial charge in [0.1, 0.15) is 0 Å². The predicted molar refractivity (Wildman–Crippen MR) is 191 cm³/mol. The van der Waals surface area contributed by atoms with Gasteiger partial charge in [0.2, 0.25) is 5.91 Å². The maximum absolute atomic E-state index is 12.8. The molecule has 0 radical (unpaired) electrons. The number of benzene rings is 1. The number of fused-ring (bicyclic) bond motifs is 1. The number of nitrogens with one attached hydrogen (secondary N) is 3. The van der Waals surface area contributed by atoms with Gasteiger partial charge in [0, 0.05) is 24.2 Å². The minimum Gasteiger partial charge on any atom is -0.355 e. The molecule has 246 valence electrons. The number of likely N-dealkylation sites (N-methyl/N-ethyl adjacent to an activating group) is 1. The minimum atomic E-state index is -0.271. The SMILES string of the molecule is C/C=C\C.CC.CCN1CCCC1.C\C=C/C(CNC(=O)NC1C(C)=C(C)CCc2ccccc21)=C(Cl)\C=C(/C)C(=O)NC. The van der Waals surface area contributed by atoms with Crippen molar-refractivity contribution >= 4 is 23.5 Å². The largest absolute Gasteiger partial charge is 0.355 e. The zero-order valence-corrected chi connectivity index (χ0v) is 29.8. The van der Waals surface area contributed by atoms with Crippen molar-refractivity contribution in [1.29, 1.82) is 0 Å². The number of amides is 3. The second-order valence-electron chi connectivity index (χ2n) is 10.5. The Morgan fingerprint density at radius 2 is 1.61 bits per heavy atom. The molecule has 6 nitrogen and oxygen atoms in total. The second-order valence-corrected chi connectivity index (χ2v) is 10.9.